The zero-order chi connectivity index (χ0) is 19.3. The molecule has 0 radical (unpaired) electrons. The quantitative estimate of drug-likeness (QED) is 0.358. The maximum Gasteiger partial charge on any atom is 0.329 e. The van der Waals surface area contributed by atoms with Gasteiger partial charge in [-0.15, -0.1) is 0 Å². The highest BCUT2D eigenvalue weighted by molar-refractivity contribution is 6.40. The molecular weight excluding hydrogens is 383 g/mol. The van der Waals surface area contributed by atoms with Gasteiger partial charge in [-0.1, -0.05) is 35.3 Å². The van der Waals surface area contributed by atoms with Crippen molar-refractivity contribution in [3.63, 3.8) is 0 Å². The highest BCUT2D eigenvalue weighted by atomic mass is 35.5. The highest BCUT2D eigenvalue weighted by Crippen LogP contribution is 2.24. The zero-order valence-corrected chi connectivity index (χ0v) is 14.8. The Kier molecular flexibility index (Phi) is 6.26. The lowest BCUT2D eigenvalue weighted by Gasteiger charge is -2.05. The summed E-state index contributed by atoms with van der Waals surface area (Å²) in [5.41, 5.74) is 3.24. The van der Waals surface area contributed by atoms with Crippen molar-refractivity contribution in [1.29, 1.82) is 0 Å². The molecule has 0 aliphatic rings. The van der Waals surface area contributed by atoms with Gasteiger partial charge in [0.15, 0.2) is 0 Å². The molecule has 2 N–H and O–H groups in total. The van der Waals surface area contributed by atoms with Gasteiger partial charge in [0.1, 0.15) is 5.02 Å². The normalized spacial score (nSPS) is 10.6. The van der Waals surface area contributed by atoms with Gasteiger partial charge in [-0.25, -0.2) is 5.43 Å². The number of halogens is 2. The smallest absolute Gasteiger partial charge is 0.318 e. The van der Waals surface area contributed by atoms with Crippen LogP contribution in [0.15, 0.2) is 41.5 Å². The third-order valence-electron chi connectivity index (χ3n) is 3.18. The number of benzene rings is 2. The second-order valence-electron chi connectivity index (χ2n) is 5.09. The van der Waals surface area contributed by atoms with E-state index in [4.69, 9.17) is 23.2 Å². The molecule has 0 atom stereocenters. The van der Waals surface area contributed by atoms with Crippen molar-refractivity contribution in [2.24, 2.45) is 5.10 Å². The first-order chi connectivity index (χ1) is 12.3. The Morgan fingerprint density at radius 2 is 1.85 bits per heavy atom. The molecule has 2 aromatic rings. The summed E-state index contributed by atoms with van der Waals surface area (Å²) in [6, 6.07) is 8.80. The van der Waals surface area contributed by atoms with Crippen molar-refractivity contribution in [3.05, 3.63) is 67.7 Å². The molecule has 26 heavy (non-hydrogen) atoms. The van der Waals surface area contributed by atoms with Crippen LogP contribution in [-0.4, -0.2) is 23.0 Å². The Morgan fingerprint density at radius 3 is 2.50 bits per heavy atom. The Morgan fingerprint density at radius 1 is 1.12 bits per heavy atom. The van der Waals surface area contributed by atoms with Crippen LogP contribution >= 0.6 is 23.2 Å². The second kappa shape index (κ2) is 8.41. The Balaban J connectivity index is 1.98. The summed E-state index contributed by atoms with van der Waals surface area (Å²) < 4.78 is 0. The van der Waals surface area contributed by atoms with Crippen LogP contribution in [0.4, 0.5) is 11.4 Å². The molecule has 0 aromatic heterocycles. The minimum Gasteiger partial charge on any atom is -0.318 e. The third kappa shape index (κ3) is 5.01. The standard InChI is InChI=1S/C16H12Cl2N4O4/c1-9-2-4-11(7-13(9)18)20-15(23)16(24)21-19-8-10-3-5-12(17)14(6-10)22(25)26/h2-8H,1H3,(H,20,23)(H,21,24). The Hall–Kier alpha value is -2.97. The molecule has 0 aliphatic carbocycles. The molecule has 2 rings (SSSR count). The van der Waals surface area contributed by atoms with Crippen molar-refractivity contribution < 1.29 is 14.5 Å². The number of anilines is 1. The average molecular weight is 395 g/mol. The van der Waals surface area contributed by atoms with Gasteiger partial charge >= 0.3 is 11.8 Å². The summed E-state index contributed by atoms with van der Waals surface area (Å²) >= 11 is 11.6. The van der Waals surface area contributed by atoms with Crippen LogP contribution in [0.2, 0.25) is 10.0 Å². The van der Waals surface area contributed by atoms with E-state index in [1.165, 1.54) is 24.3 Å². The molecule has 0 fully saturated rings. The zero-order valence-electron chi connectivity index (χ0n) is 13.3. The van der Waals surface area contributed by atoms with Crippen molar-refractivity contribution in [3.8, 4) is 0 Å². The molecule has 0 aliphatic heterocycles. The van der Waals surface area contributed by atoms with Crippen LogP contribution < -0.4 is 10.7 Å². The summed E-state index contributed by atoms with van der Waals surface area (Å²) in [4.78, 5) is 33.7. The summed E-state index contributed by atoms with van der Waals surface area (Å²) in [6.45, 7) is 1.80. The minimum atomic E-state index is -1.01. The van der Waals surface area contributed by atoms with Crippen LogP contribution in [0.5, 0.6) is 0 Å². The van der Waals surface area contributed by atoms with E-state index in [0.29, 0.717) is 16.3 Å². The summed E-state index contributed by atoms with van der Waals surface area (Å²) in [5.74, 6) is -1.95. The fraction of sp³-hybridized carbons (Fsp3) is 0.0625. The molecular formula is C16H12Cl2N4O4. The van der Waals surface area contributed by atoms with Gasteiger partial charge in [0, 0.05) is 22.3 Å². The van der Waals surface area contributed by atoms with Gasteiger partial charge in [0.25, 0.3) is 5.69 Å². The van der Waals surface area contributed by atoms with Gasteiger partial charge in [-0.3, -0.25) is 19.7 Å². The molecule has 0 spiro atoms. The largest absolute Gasteiger partial charge is 0.329 e. The first-order valence-corrected chi connectivity index (χ1v) is 7.88. The van der Waals surface area contributed by atoms with E-state index in [2.05, 4.69) is 10.4 Å². The minimum absolute atomic E-state index is 0.0210. The molecule has 0 saturated carbocycles. The molecule has 134 valence electrons. The Bertz CT molecular complexity index is 915. The van der Waals surface area contributed by atoms with Crippen LogP contribution in [0.25, 0.3) is 0 Å². The fourth-order valence-corrected chi connectivity index (χ4v) is 2.19. The van der Waals surface area contributed by atoms with E-state index in [0.717, 1.165) is 11.8 Å². The number of carbonyl (C=O) groups is 2. The van der Waals surface area contributed by atoms with E-state index in [-0.39, 0.29) is 10.7 Å². The van der Waals surface area contributed by atoms with Crippen LogP contribution in [0, 0.1) is 17.0 Å². The van der Waals surface area contributed by atoms with E-state index in [1.807, 2.05) is 5.43 Å². The number of nitro benzene ring substituents is 1. The Labute approximate surface area is 157 Å². The third-order valence-corrected chi connectivity index (χ3v) is 3.91. The van der Waals surface area contributed by atoms with Crippen LogP contribution in [-0.2, 0) is 9.59 Å². The van der Waals surface area contributed by atoms with Gasteiger partial charge in [-0.2, -0.15) is 5.10 Å². The predicted octanol–water partition coefficient (Wildman–Crippen LogP) is 3.30. The van der Waals surface area contributed by atoms with Gasteiger partial charge in [0.2, 0.25) is 0 Å². The molecule has 0 bridgehead atoms. The SMILES string of the molecule is Cc1ccc(NC(=O)C(=O)NN=Cc2ccc(Cl)c([N+](=O)[O-])c2)cc1Cl. The van der Waals surface area contributed by atoms with Crippen LogP contribution in [0.3, 0.4) is 0 Å². The van der Waals surface area contributed by atoms with Crippen molar-refractivity contribution >= 4 is 52.6 Å². The monoisotopic (exact) mass is 394 g/mol. The second-order valence-corrected chi connectivity index (χ2v) is 5.90. The van der Waals surface area contributed by atoms with Gasteiger partial charge < -0.3 is 5.32 Å². The number of carbonyl (C=O) groups excluding carboxylic acids is 2. The molecule has 2 amide bonds. The average Bonchev–Trinajstić information content (AvgIpc) is 2.59. The first-order valence-electron chi connectivity index (χ1n) is 7.12. The molecule has 0 saturated heterocycles. The lowest BCUT2D eigenvalue weighted by molar-refractivity contribution is -0.384. The van der Waals surface area contributed by atoms with E-state index in [1.54, 1.807) is 19.1 Å². The molecule has 0 unspecified atom stereocenters. The predicted molar refractivity (Wildman–Crippen MR) is 98.7 cm³/mol. The number of amides is 2. The van der Waals surface area contributed by atoms with E-state index >= 15 is 0 Å². The number of nitro groups is 1. The van der Waals surface area contributed by atoms with Crippen molar-refractivity contribution in [2.75, 3.05) is 5.32 Å². The number of aryl methyl sites for hydroxylation is 1. The lowest BCUT2D eigenvalue weighted by Crippen LogP contribution is -2.32. The van der Waals surface area contributed by atoms with Crippen molar-refractivity contribution in [1.82, 2.24) is 5.43 Å². The van der Waals surface area contributed by atoms with E-state index in [9.17, 15) is 19.7 Å². The number of hydrogen-bond acceptors (Lipinski definition) is 5. The highest BCUT2D eigenvalue weighted by Gasteiger charge is 2.14. The van der Waals surface area contributed by atoms with E-state index < -0.39 is 16.7 Å². The fourth-order valence-electron chi connectivity index (χ4n) is 1.82. The summed E-state index contributed by atoms with van der Waals surface area (Å²) in [5, 5.41) is 17.2. The van der Waals surface area contributed by atoms with Gasteiger partial charge in [0.05, 0.1) is 11.1 Å². The molecule has 2 aromatic carbocycles. The van der Waals surface area contributed by atoms with Gasteiger partial charge in [-0.05, 0) is 30.7 Å². The maximum atomic E-state index is 11.8. The topological polar surface area (TPSA) is 114 Å². The first kappa shape index (κ1) is 19.4. The number of nitrogens with zero attached hydrogens (tertiary/aromatic N) is 2. The number of nitrogens with one attached hydrogen (secondary N) is 2. The lowest BCUT2D eigenvalue weighted by atomic mass is 10.2. The molecule has 0 heterocycles. The molecule has 10 heteroatoms. The summed E-state index contributed by atoms with van der Waals surface area (Å²) in [7, 11) is 0. The number of hydrazone groups is 1. The van der Waals surface area contributed by atoms with Crippen molar-refractivity contribution in [2.45, 2.75) is 6.92 Å². The number of rotatable bonds is 4. The molecule has 8 nitrogen and oxygen atoms in total. The van der Waals surface area contributed by atoms with Crippen LogP contribution in [0.1, 0.15) is 11.1 Å². The number of hydrogen-bond donors (Lipinski definition) is 2. The maximum absolute atomic E-state index is 11.8. The summed E-state index contributed by atoms with van der Waals surface area (Å²) in [6.07, 6.45) is 1.15.